The van der Waals surface area contributed by atoms with Gasteiger partial charge in [-0.1, -0.05) is 26.2 Å². The van der Waals surface area contributed by atoms with E-state index in [4.69, 9.17) is 0 Å². The van der Waals surface area contributed by atoms with Crippen molar-refractivity contribution in [1.82, 2.24) is 15.1 Å². The Morgan fingerprint density at radius 3 is 2.45 bits per heavy atom. The quantitative estimate of drug-likeness (QED) is 0.844. The summed E-state index contributed by atoms with van der Waals surface area (Å²) in [5.41, 5.74) is 0.568. The van der Waals surface area contributed by atoms with Crippen molar-refractivity contribution in [2.75, 3.05) is 39.3 Å². The average Bonchev–Trinajstić information content (AvgIpc) is 2.85. The van der Waals surface area contributed by atoms with E-state index in [1.54, 1.807) is 6.92 Å². The lowest BCUT2D eigenvalue weighted by Crippen LogP contribution is -2.65. The van der Waals surface area contributed by atoms with E-state index in [9.17, 15) is 4.79 Å². The lowest BCUT2D eigenvalue weighted by molar-refractivity contribution is -0.142. The van der Waals surface area contributed by atoms with Gasteiger partial charge in [-0.2, -0.15) is 0 Å². The van der Waals surface area contributed by atoms with Crippen LogP contribution in [0.25, 0.3) is 0 Å². The number of carbonyl (C=O) groups excluding carboxylic acids is 1. The molecule has 22 heavy (non-hydrogen) atoms. The van der Waals surface area contributed by atoms with Crippen molar-refractivity contribution in [3.05, 3.63) is 0 Å². The second kappa shape index (κ2) is 7.06. The molecule has 1 saturated carbocycles. The van der Waals surface area contributed by atoms with Gasteiger partial charge in [0.2, 0.25) is 5.91 Å². The molecule has 2 heterocycles. The van der Waals surface area contributed by atoms with E-state index in [2.05, 4.69) is 22.0 Å². The monoisotopic (exact) mass is 329 g/mol. The molecule has 1 unspecified atom stereocenters. The summed E-state index contributed by atoms with van der Waals surface area (Å²) in [6, 6.07) is 0. The number of hydrogen-bond donors (Lipinski definition) is 1. The number of nitrogens with one attached hydrogen (secondary N) is 1. The third kappa shape index (κ3) is 3.60. The predicted molar refractivity (Wildman–Crippen MR) is 92.5 cm³/mol. The molecule has 0 aromatic rings. The Hall–Kier alpha value is -0.320. The van der Waals surface area contributed by atoms with Crippen molar-refractivity contribution < 1.29 is 4.79 Å². The Kier molecular flexibility index (Phi) is 5.79. The molecule has 1 N–H and O–H groups in total. The fraction of sp³-hybridized carbons (Fsp3) is 0.941. The summed E-state index contributed by atoms with van der Waals surface area (Å²) >= 11 is 0. The van der Waals surface area contributed by atoms with Gasteiger partial charge in [-0.25, -0.2) is 0 Å². The number of hydrogen-bond acceptors (Lipinski definition) is 3. The first kappa shape index (κ1) is 18.0. The van der Waals surface area contributed by atoms with Crippen molar-refractivity contribution in [1.29, 1.82) is 0 Å². The summed E-state index contributed by atoms with van der Waals surface area (Å²) in [7, 11) is 0. The summed E-state index contributed by atoms with van der Waals surface area (Å²) in [4.78, 5) is 16.9. The summed E-state index contributed by atoms with van der Waals surface area (Å²) < 4.78 is 0. The molecule has 1 aliphatic carbocycles. The minimum atomic E-state index is 0. The average molecular weight is 330 g/mol. The molecule has 4 nitrogen and oxygen atoms in total. The number of halogens is 1. The van der Waals surface area contributed by atoms with Crippen molar-refractivity contribution in [2.45, 2.75) is 57.9 Å². The Balaban J connectivity index is 0.00000176. The molecule has 0 bridgehead atoms. The number of carbonyl (C=O) groups is 1. The molecule has 3 fully saturated rings. The van der Waals surface area contributed by atoms with E-state index in [-0.39, 0.29) is 23.9 Å². The smallest absolute Gasteiger partial charge is 0.219 e. The minimum Gasteiger partial charge on any atom is -0.335 e. The highest BCUT2D eigenvalue weighted by atomic mass is 35.5. The van der Waals surface area contributed by atoms with Gasteiger partial charge in [-0.15, -0.1) is 12.4 Å². The second-order valence-corrected chi connectivity index (χ2v) is 7.90. The van der Waals surface area contributed by atoms with Gasteiger partial charge < -0.3 is 10.2 Å². The molecule has 2 saturated heterocycles. The molecule has 3 aliphatic rings. The van der Waals surface area contributed by atoms with Gasteiger partial charge in [0.05, 0.1) is 5.54 Å². The third-order valence-corrected chi connectivity index (χ3v) is 5.96. The highest BCUT2D eigenvalue weighted by Crippen LogP contribution is 2.38. The Morgan fingerprint density at radius 2 is 1.86 bits per heavy atom. The highest BCUT2D eigenvalue weighted by molar-refractivity contribution is 5.85. The SMILES string of the molecule is CC(=O)N1CCN(CC2(C)CCNC2)CC12CCCCC2.Cl. The first-order valence-corrected chi connectivity index (χ1v) is 8.74. The van der Waals surface area contributed by atoms with Gasteiger partial charge >= 0.3 is 0 Å². The maximum Gasteiger partial charge on any atom is 0.219 e. The van der Waals surface area contributed by atoms with E-state index in [0.29, 0.717) is 5.41 Å². The molecule has 0 radical (unpaired) electrons. The zero-order valence-corrected chi connectivity index (χ0v) is 15.0. The van der Waals surface area contributed by atoms with Crippen LogP contribution in [0.1, 0.15) is 52.4 Å². The zero-order valence-electron chi connectivity index (χ0n) is 14.2. The predicted octanol–water partition coefficient (Wildman–Crippen LogP) is 2.27. The lowest BCUT2D eigenvalue weighted by atomic mass is 9.77. The maximum atomic E-state index is 12.1. The molecule has 1 amide bonds. The number of rotatable bonds is 2. The molecular weight excluding hydrogens is 298 g/mol. The number of piperazine rings is 1. The molecule has 2 aliphatic heterocycles. The fourth-order valence-electron chi connectivity index (χ4n) is 4.87. The molecule has 128 valence electrons. The van der Waals surface area contributed by atoms with Crippen molar-refractivity contribution >= 4 is 18.3 Å². The van der Waals surface area contributed by atoms with Gasteiger partial charge in [0.1, 0.15) is 0 Å². The van der Waals surface area contributed by atoms with Gasteiger partial charge in [0, 0.05) is 39.6 Å². The molecule has 1 atom stereocenters. The van der Waals surface area contributed by atoms with E-state index >= 15 is 0 Å². The van der Waals surface area contributed by atoms with Gasteiger partial charge in [-0.3, -0.25) is 9.69 Å². The van der Waals surface area contributed by atoms with Crippen molar-refractivity contribution in [3.8, 4) is 0 Å². The minimum absolute atomic E-state index is 0. The van der Waals surface area contributed by atoms with Gasteiger partial charge in [-0.05, 0) is 31.2 Å². The van der Waals surface area contributed by atoms with Crippen LogP contribution in [0.4, 0.5) is 0 Å². The number of amides is 1. The first-order chi connectivity index (χ1) is 10.0. The standard InChI is InChI=1S/C17H31N3O.ClH/c1-15(21)20-11-10-19(13-16(2)8-9-18-12-16)14-17(20)6-4-3-5-7-17;/h18H,3-14H2,1-2H3;1H. The van der Waals surface area contributed by atoms with Crippen LogP contribution in [-0.2, 0) is 4.79 Å². The maximum absolute atomic E-state index is 12.1. The Labute approximate surface area is 141 Å². The second-order valence-electron chi connectivity index (χ2n) is 7.90. The van der Waals surface area contributed by atoms with Gasteiger partial charge in [0.25, 0.3) is 0 Å². The van der Waals surface area contributed by atoms with Gasteiger partial charge in [0.15, 0.2) is 0 Å². The van der Waals surface area contributed by atoms with Crippen LogP contribution in [0, 0.1) is 5.41 Å². The normalized spacial score (nSPS) is 32.0. The van der Waals surface area contributed by atoms with Crippen LogP contribution in [-0.4, -0.2) is 60.5 Å². The molecule has 0 aromatic carbocycles. The van der Waals surface area contributed by atoms with Crippen LogP contribution in [0.5, 0.6) is 0 Å². The third-order valence-electron chi connectivity index (χ3n) is 5.96. The summed E-state index contributed by atoms with van der Waals surface area (Å²) in [5, 5.41) is 3.51. The summed E-state index contributed by atoms with van der Waals surface area (Å²) in [5.74, 6) is 0.283. The highest BCUT2D eigenvalue weighted by Gasteiger charge is 2.44. The van der Waals surface area contributed by atoms with Crippen LogP contribution in [0.3, 0.4) is 0 Å². The van der Waals surface area contributed by atoms with Crippen molar-refractivity contribution in [3.63, 3.8) is 0 Å². The Morgan fingerprint density at radius 1 is 1.14 bits per heavy atom. The Bertz CT molecular complexity index is 389. The topological polar surface area (TPSA) is 35.6 Å². The number of nitrogens with zero attached hydrogens (tertiary/aromatic N) is 2. The lowest BCUT2D eigenvalue weighted by Gasteiger charge is -2.53. The van der Waals surface area contributed by atoms with E-state index < -0.39 is 0 Å². The van der Waals surface area contributed by atoms with Crippen LogP contribution < -0.4 is 5.32 Å². The molecular formula is C17H32ClN3O. The van der Waals surface area contributed by atoms with E-state index in [1.165, 1.54) is 45.1 Å². The first-order valence-electron chi connectivity index (χ1n) is 8.74. The fourth-order valence-corrected chi connectivity index (χ4v) is 4.87. The summed E-state index contributed by atoms with van der Waals surface area (Å²) in [6.07, 6.45) is 7.62. The zero-order chi connectivity index (χ0) is 14.9. The van der Waals surface area contributed by atoms with Crippen LogP contribution >= 0.6 is 12.4 Å². The molecule has 1 spiro atoms. The molecule has 3 rings (SSSR count). The largest absolute Gasteiger partial charge is 0.335 e. The van der Waals surface area contributed by atoms with Crippen molar-refractivity contribution in [2.24, 2.45) is 5.41 Å². The van der Waals surface area contributed by atoms with E-state index in [0.717, 1.165) is 32.7 Å². The van der Waals surface area contributed by atoms with Crippen LogP contribution in [0.15, 0.2) is 0 Å². The summed E-state index contributed by atoms with van der Waals surface area (Å²) in [6.45, 7) is 10.7. The van der Waals surface area contributed by atoms with Crippen LogP contribution in [0.2, 0.25) is 0 Å². The molecule has 0 aromatic heterocycles. The van der Waals surface area contributed by atoms with E-state index in [1.807, 2.05) is 0 Å². The molecule has 5 heteroatoms.